The van der Waals surface area contributed by atoms with Gasteiger partial charge in [0.15, 0.2) is 0 Å². The first-order valence-electron chi connectivity index (χ1n) is 10.5. The van der Waals surface area contributed by atoms with Crippen LogP contribution in [0.5, 0.6) is 0 Å². The summed E-state index contributed by atoms with van der Waals surface area (Å²) in [4.78, 5) is 19.2. The summed E-state index contributed by atoms with van der Waals surface area (Å²) in [5, 5.41) is 4.11. The van der Waals surface area contributed by atoms with Gasteiger partial charge in [0.1, 0.15) is 6.04 Å². The predicted octanol–water partition coefficient (Wildman–Crippen LogP) is 5.54. The van der Waals surface area contributed by atoms with Gasteiger partial charge >= 0.3 is 0 Å². The zero-order valence-electron chi connectivity index (χ0n) is 16.4. The van der Waals surface area contributed by atoms with E-state index in [1.165, 1.54) is 32.1 Å². The van der Waals surface area contributed by atoms with Gasteiger partial charge in [-0.3, -0.25) is 4.79 Å². The van der Waals surface area contributed by atoms with Crippen LogP contribution < -0.4 is 0 Å². The van der Waals surface area contributed by atoms with Crippen LogP contribution in [0.3, 0.4) is 0 Å². The molecule has 1 fully saturated rings. The van der Waals surface area contributed by atoms with Gasteiger partial charge in [0, 0.05) is 18.5 Å². The maximum atomic E-state index is 12.7. The molecule has 2 aromatic rings. The minimum absolute atomic E-state index is 0.0629. The topological polar surface area (TPSA) is 59.2 Å². The molecule has 0 radical (unpaired) electrons. The first-order chi connectivity index (χ1) is 13.3. The van der Waals surface area contributed by atoms with Crippen LogP contribution in [0.2, 0.25) is 0 Å². The highest BCUT2D eigenvalue weighted by molar-refractivity contribution is 5.76. The number of aromatic nitrogens is 2. The molecular formula is C22H31N3O2. The molecule has 146 valence electrons. The monoisotopic (exact) mass is 369 g/mol. The lowest BCUT2D eigenvalue weighted by Crippen LogP contribution is -2.30. The van der Waals surface area contributed by atoms with Crippen LogP contribution in [-0.4, -0.2) is 27.5 Å². The number of carbonyl (C=O) groups is 1. The van der Waals surface area contributed by atoms with Crippen molar-refractivity contribution in [1.82, 2.24) is 15.0 Å². The van der Waals surface area contributed by atoms with Gasteiger partial charge in [-0.05, 0) is 19.3 Å². The Labute approximate surface area is 162 Å². The minimum Gasteiger partial charge on any atom is -0.337 e. The van der Waals surface area contributed by atoms with E-state index >= 15 is 0 Å². The molecule has 1 atom stereocenters. The zero-order valence-corrected chi connectivity index (χ0v) is 16.4. The van der Waals surface area contributed by atoms with Crippen LogP contribution in [0.15, 0.2) is 34.9 Å². The molecule has 1 amide bonds. The second-order valence-corrected chi connectivity index (χ2v) is 7.44. The number of nitrogens with zero attached hydrogens (tertiary/aromatic N) is 3. The number of unbranched alkanes of at least 4 members (excludes halogenated alkanes) is 6. The van der Waals surface area contributed by atoms with Crippen LogP contribution in [0, 0.1) is 0 Å². The van der Waals surface area contributed by atoms with E-state index in [1.54, 1.807) is 0 Å². The smallest absolute Gasteiger partial charge is 0.249 e. The van der Waals surface area contributed by atoms with Crippen molar-refractivity contribution in [1.29, 1.82) is 0 Å². The summed E-state index contributed by atoms with van der Waals surface area (Å²) in [7, 11) is 0. The highest BCUT2D eigenvalue weighted by atomic mass is 16.5. The van der Waals surface area contributed by atoms with E-state index in [1.807, 2.05) is 35.2 Å². The summed E-state index contributed by atoms with van der Waals surface area (Å²) in [6, 6.07) is 9.75. The molecular weight excluding hydrogens is 338 g/mol. The van der Waals surface area contributed by atoms with Crippen LogP contribution in [0.1, 0.15) is 83.1 Å². The Morgan fingerprint density at radius 2 is 1.85 bits per heavy atom. The number of benzene rings is 1. The fourth-order valence-corrected chi connectivity index (χ4v) is 3.77. The maximum absolute atomic E-state index is 12.7. The van der Waals surface area contributed by atoms with E-state index in [-0.39, 0.29) is 11.9 Å². The number of amides is 1. The molecule has 1 aliphatic heterocycles. The summed E-state index contributed by atoms with van der Waals surface area (Å²) in [5.74, 6) is 1.39. The molecule has 1 saturated heterocycles. The van der Waals surface area contributed by atoms with Crippen LogP contribution in [-0.2, 0) is 4.79 Å². The van der Waals surface area contributed by atoms with E-state index in [0.29, 0.717) is 18.1 Å². The SMILES string of the molecule is CCCCCCCCCC(=O)N1CCCC1c1nc(-c2ccccc2)no1. The van der Waals surface area contributed by atoms with Gasteiger partial charge in [-0.15, -0.1) is 0 Å². The summed E-state index contributed by atoms with van der Waals surface area (Å²) in [6.07, 6.45) is 11.1. The number of carbonyl (C=O) groups excluding carboxylic acids is 1. The standard InChI is InChI=1S/C22H31N3O2/c1-2-3-4-5-6-7-11-16-20(26)25-17-12-15-19(25)22-23-21(24-27-22)18-13-9-8-10-14-18/h8-10,13-14,19H,2-7,11-12,15-17H2,1H3. The van der Waals surface area contributed by atoms with Gasteiger partial charge in [0.25, 0.3) is 0 Å². The number of rotatable bonds is 10. The number of hydrogen-bond donors (Lipinski definition) is 0. The predicted molar refractivity (Wildman–Crippen MR) is 106 cm³/mol. The Hall–Kier alpha value is -2.17. The van der Waals surface area contributed by atoms with Crippen molar-refractivity contribution in [2.75, 3.05) is 6.54 Å². The minimum atomic E-state index is -0.0629. The average Bonchev–Trinajstić information content (AvgIpc) is 3.37. The lowest BCUT2D eigenvalue weighted by Gasteiger charge is -2.21. The van der Waals surface area contributed by atoms with E-state index in [4.69, 9.17) is 4.52 Å². The highest BCUT2D eigenvalue weighted by Gasteiger charge is 2.33. The summed E-state index contributed by atoms with van der Waals surface area (Å²) in [5.41, 5.74) is 0.937. The number of likely N-dealkylation sites (tertiary alicyclic amines) is 1. The highest BCUT2D eigenvalue weighted by Crippen LogP contribution is 2.32. The fourth-order valence-electron chi connectivity index (χ4n) is 3.77. The molecule has 0 bridgehead atoms. The van der Waals surface area contributed by atoms with Gasteiger partial charge in [-0.1, -0.05) is 80.9 Å². The van der Waals surface area contributed by atoms with Gasteiger partial charge in [-0.25, -0.2) is 0 Å². The fraction of sp³-hybridized carbons (Fsp3) is 0.591. The lowest BCUT2D eigenvalue weighted by atomic mass is 10.1. The van der Waals surface area contributed by atoms with Crippen molar-refractivity contribution < 1.29 is 9.32 Å². The lowest BCUT2D eigenvalue weighted by molar-refractivity contribution is -0.132. The van der Waals surface area contributed by atoms with Crippen molar-refractivity contribution in [3.63, 3.8) is 0 Å². The molecule has 0 saturated carbocycles. The maximum Gasteiger partial charge on any atom is 0.249 e. The third-order valence-corrected chi connectivity index (χ3v) is 5.33. The van der Waals surface area contributed by atoms with Crippen LogP contribution >= 0.6 is 0 Å². The van der Waals surface area contributed by atoms with Crippen molar-refractivity contribution >= 4 is 5.91 Å². The Kier molecular flexibility index (Phi) is 7.43. The molecule has 27 heavy (non-hydrogen) atoms. The summed E-state index contributed by atoms with van der Waals surface area (Å²) in [6.45, 7) is 3.03. The van der Waals surface area contributed by atoms with Gasteiger partial charge in [-0.2, -0.15) is 4.98 Å². The quantitative estimate of drug-likeness (QED) is 0.516. The molecule has 3 rings (SSSR count). The van der Waals surface area contributed by atoms with E-state index < -0.39 is 0 Å². The normalized spacial score (nSPS) is 16.8. The van der Waals surface area contributed by atoms with E-state index in [2.05, 4.69) is 17.1 Å². The Balaban J connectivity index is 1.50. The molecule has 5 nitrogen and oxygen atoms in total. The Bertz CT molecular complexity index is 699. The van der Waals surface area contributed by atoms with E-state index in [9.17, 15) is 4.79 Å². The van der Waals surface area contributed by atoms with Crippen molar-refractivity contribution in [3.8, 4) is 11.4 Å². The van der Waals surface area contributed by atoms with Crippen LogP contribution in [0.4, 0.5) is 0 Å². The largest absolute Gasteiger partial charge is 0.337 e. The van der Waals surface area contributed by atoms with Crippen LogP contribution in [0.25, 0.3) is 11.4 Å². The number of hydrogen-bond acceptors (Lipinski definition) is 4. The van der Waals surface area contributed by atoms with Crippen molar-refractivity contribution in [2.24, 2.45) is 0 Å². The first-order valence-corrected chi connectivity index (χ1v) is 10.5. The summed E-state index contributed by atoms with van der Waals surface area (Å²) < 4.78 is 5.51. The molecule has 0 aliphatic carbocycles. The second kappa shape index (κ2) is 10.2. The van der Waals surface area contributed by atoms with Crippen molar-refractivity contribution in [2.45, 2.75) is 77.2 Å². The molecule has 1 aliphatic rings. The third kappa shape index (κ3) is 5.41. The molecule has 0 N–H and O–H groups in total. The molecule has 1 unspecified atom stereocenters. The molecule has 5 heteroatoms. The van der Waals surface area contributed by atoms with E-state index in [0.717, 1.165) is 37.8 Å². The van der Waals surface area contributed by atoms with Crippen molar-refractivity contribution in [3.05, 3.63) is 36.2 Å². The average molecular weight is 370 g/mol. The third-order valence-electron chi connectivity index (χ3n) is 5.33. The molecule has 0 spiro atoms. The second-order valence-electron chi connectivity index (χ2n) is 7.44. The van der Waals surface area contributed by atoms with Gasteiger partial charge < -0.3 is 9.42 Å². The van der Waals surface area contributed by atoms with Gasteiger partial charge in [0.2, 0.25) is 17.6 Å². The Morgan fingerprint density at radius 1 is 1.11 bits per heavy atom. The molecule has 1 aromatic carbocycles. The summed E-state index contributed by atoms with van der Waals surface area (Å²) >= 11 is 0. The Morgan fingerprint density at radius 3 is 2.63 bits per heavy atom. The first kappa shape index (κ1) is 19.6. The molecule has 1 aromatic heterocycles. The molecule has 2 heterocycles. The zero-order chi connectivity index (χ0) is 18.9. The van der Waals surface area contributed by atoms with Gasteiger partial charge in [0.05, 0.1) is 0 Å².